The minimum Gasteiger partial charge on any atom is -0.476 e. The van der Waals surface area contributed by atoms with Gasteiger partial charge in [-0.15, -0.1) is 0 Å². The van der Waals surface area contributed by atoms with Crippen LogP contribution < -0.4 is 15.8 Å². The first-order valence-electron chi connectivity index (χ1n) is 9.71. The van der Waals surface area contributed by atoms with Gasteiger partial charge >= 0.3 is 0 Å². The molecule has 4 heteroatoms. The van der Waals surface area contributed by atoms with Crippen LogP contribution in [0, 0.1) is 0 Å². The van der Waals surface area contributed by atoms with Gasteiger partial charge in [0.2, 0.25) is 0 Å². The molecule has 2 atom stereocenters. The standard InChI is InChI=1S/C22H29BrN2O/c1-2-3-4-5-6-21(24)26-19-11-12-20-17(15-19)13-14-25-22(20)16-7-9-18(23)10-8-16/h7-12,15,21-22,25H,2-6,13-14,24H2,1H3. The Morgan fingerprint density at radius 2 is 1.96 bits per heavy atom. The van der Waals surface area contributed by atoms with E-state index < -0.39 is 0 Å². The summed E-state index contributed by atoms with van der Waals surface area (Å²) in [6.07, 6.45) is 6.61. The average Bonchev–Trinajstić information content (AvgIpc) is 2.65. The van der Waals surface area contributed by atoms with Crippen molar-refractivity contribution in [2.75, 3.05) is 6.54 Å². The van der Waals surface area contributed by atoms with E-state index in [1.165, 1.54) is 36.0 Å². The lowest BCUT2D eigenvalue weighted by molar-refractivity contribution is 0.194. The van der Waals surface area contributed by atoms with Crippen LogP contribution in [-0.4, -0.2) is 12.8 Å². The summed E-state index contributed by atoms with van der Waals surface area (Å²) in [5.41, 5.74) is 10.1. The molecule has 0 saturated heterocycles. The molecule has 1 heterocycles. The summed E-state index contributed by atoms with van der Waals surface area (Å²) in [4.78, 5) is 0. The molecule has 0 spiro atoms. The van der Waals surface area contributed by atoms with Crippen LogP contribution in [0.5, 0.6) is 5.75 Å². The fourth-order valence-electron chi connectivity index (χ4n) is 3.57. The van der Waals surface area contributed by atoms with E-state index in [2.05, 4.69) is 70.6 Å². The Labute approximate surface area is 165 Å². The second-order valence-electron chi connectivity index (χ2n) is 7.05. The van der Waals surface area contributed by atoms with E-state index in [0.717, 1.165) is 36.0 Å². The normalized spacial score (nSPS) is 17.6. The topological polar surface area (TPSA) is 47.3 Å². The fraction of sp³-hybridized carbons (Fsp3) is 0.455. The van der Waals surface area contributed by atoms with Crippen molar-refractivity contribution < 1.29 is 4.74 Å². The number of hydrogen-bond acceptors (Lipinski definition) is 3. The zero-order chi connectivity index (χ0) is 18.4. The largest absolute Gasteiger partial charge is 0.476 e. The molecule has 0 fully saturated rings. The zero-order valence-electron chi connectivity index (χ0n) is 15.5. The summed E-state index contributed by atoms with van der Waals surface area (Å²) >= 11 is 3.51. The second-order valence-corrected chi connectivity index (χ2v) is 7.97. The lowest BCUT2D eigenvalue weighted by atomic mass is 9.90. The third kappa shape index (κ3) is 5.09. The molecule has 1 aliphatic rings. The van der Waals surface area contributed by atoms with Crippen molar-refractivity contribution >= 4 is 15.9 Å². The predicted octanol–water partition coefficient (Wildman–Crippen LogP) is 5.32. The van der Waals surface area contributed by atoms with Gasteiger partial charge < -0.3 is 10.1 Å². The summed E-state index contributed by atoms with van der Waals surface area (Å²) in [7, 11) is 0. The number of unbranched alkanes of at least 4 members (excludes halogenated alkanes) is 3. The molecule has 2 unspecified atom stereocenters. The van der Waals surface area contributed by atoms with Crippen molar-refractivity contribution in [3.63, 3.8) is 0 Å². The number of halogens is 1. The number of nitrogens with two attached hydrogens (primary N) is 1. The molecule has 0 bridgehead atoms. The Morgan fingerprint density at radius 3 is 2.73 bits per heavy atom. The van der Waals surface area contributed by atoms with Gasteiger partial charge in [-0.2, -0.15) is 0 Å². The Hall–Kier alpha value is -1.36. The van der Waals surface area contributed by atoms with E-state index in [0.29, 0.717) is 0 Å². The summed E-state index contributed by atoms with van der Waals surface area (Å²) in [5, 5.41) is 3.63. The van der Waals surface area contributed by atoms with Crippen molar-refractivity contribution in [3.05, 3.63) is 63.6 Å². The highest BCUT2D eigenvalue weighted by Crippen LogP contribution is 2.32. The van der Waals surface area contributed by atoms with E-state index in [1.54, 1.807) is 0 Å². The molecule has 0 saturated carbocycles. The first-order chi connectivity index (χ1) is 12.7. The van der Waals surface area contributed by atoms with Crippen LogP contribution in [-0.2, 0) is 6.42 Å². The first kappa shape index (κ1) is 19.4. The maximum Gasteiger partial charge on any atom is 0.147 e. The smallest absolute Gasteiger partial charge is 0.147 e. The van der Waals surface area contributed by atoms with Gasteiger partial charge in [-0.1, -0.05) is 60.3 Å². The Kier molecular flexibility index (Phi) is 7.12. The highest BCUT2D eigenvalue weighted by molar-refractivity contribution is 9.10. The van der Waals surface area contributed by atoms with E-state index in [-0.39, 0.29) is 12.3 Å². The van der Waals surface area contributed by atoms with Crippen LogP contribution in [0.4, 0.5) is 0 Å². The molecule has 2 aromatic carbocycles. The zero-order valence-corrected chi connectivity index (χ0v) is 17.1. The molecule has 2 aromatic rings. The van der Waals surface area contributed by atoms with Gasteiger partial charge in [0.15, 0.2) is 0 Å². The third-order valence-electron chi connectivity index (χ3n) is 5.00. The van der Waals surface area contributed by atoms with E-state index in [1.807, 2.05) is 0 Å². The SMILES string of the molecule is CCCCCCC(N)Oc1ccc2c(c1)CCNC2c1ccc(Br)cc1. The predicted molar refractivity (Wildman–Crippen MR) is 111 cm³/mol. The molecular formula is C22H29BrN2O. The fourth-order valence-corrected chi connectivity index (χ4v) is 3.84. The van der Waals surface area contributed by atoms with Crippen molar-refractivity contribution in [1.82, 2.24) is 5.32 Å². The molecule has 26 heavy (non-hydrogen) atoms. The van der Waals surface area contributed by atoms with Gasteiger partial charge in [-0.3, -0.25) is 5.73 Å². The van der Waals surface area contributed by atoms with Crippen molar-refractivity contribution in [3.8, 4) is 5.75 Å². The third-order valence-corrected chi connectivity index (χ3v) is 5.53. The summed E-state index contributed by atoms with van der Waals surface area (Å²) < 4.78 is 7.07. The van der Waals surface area contributed by atoms with Crippen LogP contribution >= 0.6 is 15.9 Å². The van der Waals surface area contributed by atoms with Crippen molar-refractivity contribution in [1.29, 1.82) is 0 Å². The van der Waals surface area contributed by atoms with Gasteiger partial charge in [0, 0.05) is 11.0 Å². The van der Waals surface area contributed by atoms with E-state index in [9.17, 15) is 0 Å². The number of rotatable bonds is 8. The molecule has 0 aromatic heterocycles. The number of nitrogens with one attached hydrogen (secondary N) is 1. The molecule has 3 nitrogen and oxygen atoms in total. The Bertz CT molecular complexity index is 702. The number of benzene rings is 2. The maximum atomic E-state index is 6.16. The molecular weight excluding hydrogens is 388 g/mol. The minimum absolute atomic E-state index is 0.214. The molecule has 0 amide bonds. The summed E-state index contributed by atoms with van der Waals surface area (Å²) in [6.45, 7) is 3.19. The number of fused-ring (bicyclic) bond motifs is 1. The van der Waals surface area contributed by atoms with Gasteiger partial charge in [0.25, 0.3) is 0 Å². The molecule has 140 valence electrons. The Balaban J connectivity index is 1.67. The second kappa shape index (κ2) is 9.54. The van der Waals surface area contributed by atoms with Crippen molar-refractivity contribution in [2.24, 2.45) is 5.73 Å². The quantitative estimate of drug-likeness (QED) is 0.452. The summed E-state index contributed by atoms with van der Waals surface area (Å²) in [5.74, 6) is 0.892. The maximum absolute atomic E-state index is 6.16. The molecule has 1 aliphatic heterocycles. The average molecular weight is 417 g/mol. The number of hydrogen-bond donors (Lipinski definition) is 2. The van der Waals surface area contributed by atoms with Crippen LogP contribution in [0.3, 0.4) is 0 Å². The first-order valence-corrected chi connectivity index (χ1v) is 10.5. The van der Waals surface area contributed by atoms with Crippen LogP contribution in [0.2, 0.25) is 0 Å². The van der Waals surface area contributed by atoms with Gasteiger partial charge in [-0.25, -0.2) is 0 Å². The van der Waals surface area contributed by atoms with Crippen LogP contribution in [0.15, 0.2) is 46.9 Å². The van der Waals surface area contributed by atoms with Crippen LogP contribution in [0.1, 0.15) is 61.8 Å². The Morgan fingerprint density at radius 1 is 1.15 bits per heavy atom. The molecule has 3 N–H and O–H groups in total. The molecule has 0 radical (unpaired) electrons. The molecule has 3 rings (SSSR count). The highest BCUT2D eigenvalue weighted by Gasteiger charge is 2.22. The minimum atomic E-state index is -0.214. The van der Waals surface area contributed by atoms with Crippen molar-refractivity contribution in [2.45, 2.75) is 57.7 Å². The number of ether oxygens (including phenoxy) is 1. The molecule has 0 aliphatic carbocycles. The van der Waals surface area contributed by atoms with Gasteiger partial charge in [-0.05, 0) is 60.2 Å². The van der Waals surface area contributed by atoms with E-state index >= 15 is 0 Å². The highest BCUT2D eigenvalue weighted by atomic mass is 79.9. The van der Waals surface area contributed by atoms with Crippen LogP contribution in [0.25, 0.3) is 0 Å². The van der Waals surface area contributed by atoms with Gasteiger partial charge in [0.05, 0.1) is 6.04 Å². The van der Waals surface area contributed by atoms with E-state index in [4.69, 9.17) is 10.5 Å². The monoisotopic (exact) mass is 416 g/mol. The van der Waals surface area contributed by atoms with Gasteiger partial charge in [0.1, 0.15) is 12.0 Å². The summed E-state index contributed by atoms with van der Waals surface area (Å²) in [6, 6.07) is 15.2. The lowest BCUT2D eigenvalue weighted by Gasteiger charge is -2.28. The lowest BCUT2D eigenvalue weighted by Crippen LogP contribution is -2.31.